The molecule has 0 aliphatic rings. The summed E-state index contributed by atoms with van der Waals surface area (Å²) < 4.78 is 26.1. The first-order chi connectivity index (χ1) is 7.24. The molecule has 1 aromatic carbocycles. The lowest BCUT2D eigenvalue weighted by Crippen LogP contribution is -2.30. The van der Waals surface area contributed by atoms with Crippen LogP contribution in [0.4, 0.5) is 5.69 Å². The van der Waals surface area contributed by atoms with Crippen LogP contribution in [0.5, 0.6) is 0 Å². The van der Waals surface area contributed by atoms with Crippen molar-refractivity contribution in [2.24, 2.45) is 0 Å². The fourth-order valence-electron chi connectivity index (χ4n) is 1.21. The van der Waals surface area contributed by atoms with Gasteiger partial charge in [0.1, 0.15) is 0 Å². The van der Waals surface area contributed by atoms with Gasteiger partial charge in [-0.15, -0.1) is 0 Å². The van der Waals surface area contributed by atoms with Gasteiger partial charge < -0.3 is 5.73 Å². The lowest BCUT2D eigenvalue weighted by molar-refractivity contribution is 0.570. The minimum Gasteiger partial charge on any atom is -0.398 e. The van der Waals surface area contributed by atoms with E-state index in [0.29, 0.717) is 16.3 Å². The van der Waals surface area contributed by atoms with Crippen LogP contribution >= 0.6 is 11.6 Å². The lowest BCUT2D eigenvalue weighted by Gasteiger charge is -2.11. The SMILES string of the molecule is Cc1c(N)cc(S(=O)(=O)NC(C)C)cc1Cl. The molecule has 1 rings (SSSR count). The van der Waals surface area contributed by atoms with Crippen molar-refractivity contribution in [3.63, 3.8) is 0 Å². The molecule has 0 radical (unpaired) electrons. The molecule has 0 saturated carbocycles. The van der Waals surface area contributed by atoms with Crippen molar-refractivity contribution in [3.8, 4) is 0 Å². The van der Waals surface area contributed by atoms with E-state index in [9.17, 15) is 8.42 Å². The molecule has 0 aliphatic carbocycles. The third kappa shape index (κ3) is 2.87. The summed E-state index contributed by atoms with van der Waals surface area (Å²) >= 11 is 5.89. The lowest BCUT2D eigenvalue weighted by atomic mass is 10.2. The van der Waals surface area contributed by atoms with Crippen molar-refractivity contribution in [2.75, 3.05) is 5.73 Å². The van der Waals surface area contributed by atoms with Crippen molar-refractivity contribution in [2.45, 2.75) is 31.7 Å². The molecule has 0 unspecified atom stereocenters. The molecule has 16 heavy (non-hydrogen) atoms. The van der Waals surface area contributed by atoms with Gasteiger partial charge in [-0.2, -0.15) is 0 Å². The van der Waals surface area contributed by atoms with Crippen molar-refractivity contribution in [1.82, 2.24) is 4.72 Å². The molecule has 0 aromatic heterocycles. The number of hydrogen-bond acceptors (Lipinski definition) is 3. The molecule has 0 aliphatic heterocycles. The Balaban J connectivity index is 3.25. The Morgan fingerprint density at radius 2 is 1.94 bits per heavy atom. The Labute approximate surface area is 101 Å². The zero-order chi connectivity index (χ0) is 12.5. The Kier molecular flexibility index (Phi) is 3.83. The van der Waals surface area contributed by atoms with Gasteiger partial charge in [0.25, 0.3) is 0 Å². The van der Waals surface area contributed by atoms with E-state index in [2.05, 4.69) is 4.72 Å². The van der Waals surface area contributed by atoms with Crippen LogP contribution in [-0.4, -0.2) is 14.5 Å². The number of halogens is 1. The molecular formula is C10H15ClN2O2S. The van der Waals surface area contributed by atoms with Crippen LogP contribution < -0.4 is 10.5 Å². The zero-order valence-corrected chi connectivity index (χ0v) is 11.0. The number of anilines is 1. The highest BCUT2D eigenvalue weighted by molar-refractivity contribution is 7.89. The summed E-state index contributed by atoms with van der Waals surface area (Å²) in [6, 6.07) is 2.63. The standard InChI is InChI=1S/C10H15ClN2O2S/c1-6(2)13-16(14,15)8-4-9(11)7(3)10(12)5-8/h4-6,13H,12H2,1-3H3. The second-order valence-electron chi connectivity index (χ2n) is 3.90. The minimum atomic E-state index is -3.54. The molecule has 0 atom stereocenters. The van der Waals surface area contributed by atoms with Crippen LogP contribution in [0.3, 0.4) is 0 Å². The number of nitrogen functional groups attached to an aromatic ring is 1. The fourth-order valence-corrected chi connectivity index (χ4v) is 2.81. The fraction of sp³-hybridized carbons (Fsp3) is 0.400. The van der Waals surface area contributed by atoms with Crippen molar-refractivity contribution in [1.29, 1.82) is 0 Å². The van der Waals surface area contributed by atoms with E-state index in [1.165, 1.54) is 12.1 Å². The number of benzene rings is 1. The predicted molar refractivity (Wildman–Crippen MR) is 66.1 cm³/mol. The highest BCUT2D eigenvalue weighted by Crippen LogP contribution is 2.25. The van der Waals surface area contributed by atoms with Gasteiger partial charge in [-0.05, 0) is 38.5 Å². The van der Waals surface area contributed by atoms with Crippen LogP contribution in [0.25, 0.3) is 0 Å². The van der Waals surface area contributed by atoms with Crippen molar-refractivity contribution < 1.29 is 8.42 Å². The first kappa shape index (κ1) is 13.3. The summed E-state index contributed by atoms with van der Waals surface area (Å²) in [5, 5.41) is 0.351. The highest BCUT2D eigenvalue weighted by Gasteiger charge is 2.17. The Bertz CT molecular complexity index is 475. The molecule has 1 aromatic rings. The van der Waals surface area contributed by atoms with Gasteiger partial charge in [0.05, 0.1) is 4.90 Å². The summed E-state index contributed by atoms with van der Waals surface area (Å²) in [6.07, 6.45) is 0. The summed E-state index contributed by atoms with van der Waals surface area (Å²) in [6.45, 7) is 5.23. The summed E-state index contributed by atoms with van der Waals surface area (Å²) in [4.78, 5) is 0.0919. The molecule has 0 amide bonds. The third-order valence-electron chi connectivity index (χ3n) is 2.06. The van der Waals surface area contributed by atoms with Crippen LogP contribution in [-0.2, 0) is 10.0 Å². The average molecular weight is 263 g/mol. The Hall–Kier alpha value is -0.780. The highest BCUT2D eigenvalue weighted by atomic mass is 35.5. The number of nitrogens with one attached hydrogen (secondary N) is 1. The minimum absolute atomic E-state index is 0.0919. The van der Waals surface area contributed by atoms with E-state index in [1.54, 1.807) is 20.8 Å². The van der Waals surface area contributed by atoms with Crippen LogP contribution in [0.15, 0.2) is 17.0 Å². The van der Waals surface area contributed by atoms with E-state index in [-0.39, 0.29) is 10.9 Å². The van der Waals surface area contributed by atoms with E-state index in [4.69, 9.17) is 17.3 Å². The van der Waals surface area contributed by atoms with E-state index >= 15 is 0 Å². The van der Waals surface area contributed by atoms with Gasteiger partial charge in [0, 0.05) is 16.8 Å². The topological polar surface area (TPSA) is 72.2 Å². The van der Waals surface area contributed by atoms with Crippen molar-refractivity contribution in [3.05, 3.63) is 22.7 Å². The normalized spacial score (nSPS) is 12.1. The number of hydrogen-bond donors (Lipinski definition) is 2. The van der Waals surface area contributed by atoms with Crippen LogP contribution in [0, 0.1) is 6.92 Å². The number of sulfonamides is 1. The zero-order valence-electron chi connectivity index (χ0n) is 9.41. The monoisotopic (exact) mass is 262 g/mol. The molecule has 0 fully saturated rings. The number of nitrogens with two attached hydrogens (primary N) is 1. The second-order valence-corrected chi connectivity index (χ2v) is 6.02. The molecular weight excluding hydrogens is 248 g/mol. The Morgan fingerprint density at radius 1 is 1.38 bits per heavy atom. The molecule has 6 heteroatoms. The van der Waals surface area contributed by atoms with Gasteiger partial charge >= 0.3 is 0 Å². The summed E-state index contributed by atoms with van der Waals surface area (Å²) in [7, 11) is -3.54. The summed E-state index contributed by atoms with van der Waals surface area (Å²) in [5.41, 5.74) is 6.73. The Morgan fingerprint density at radius 3 is 2.38 bits per heavy atom. The first-order valence-electron chi connectivity index (χ1n) is 4.82. The maximum Gasteiger partial charge on any atom is 0.240 e. The van der Waals surface area contributed by atoms with Gasteiger partial charge in [0.2, 0.25) is 10.0 Å². The average Bonchev–Trinajstić information content (AvgIpc) is 2.11. The van der Waals surface area contributed by atoms with Gasteiger partial charge in [-0.25, -0.2) is 13.1 Å². The van der Waals surface area contributed by atoms with Gasteiger partial charge in [-0.3, -0.25) is 0 Å². The largest absolute Gasteiger partial charge is 0.398 e. The summed E-state index contributed by atoms with van der Waals surface area (Å²) in [5.74, 6) is 0. The van der Waals surface area contributed by atoms with E-state index in [0.717, 1.165) is 0 Å². The maximum absolute atomic E-state index is 11.8. The second kappa shape index (κ2) is 4.61. The molecule has 90 valence electrons. The third-order valence-corrected chi connectivity index (χ3v) is 4.09. The molecule has 0 bridgehead atoms. The van der Waals surface area contributed by atoms with Gasteiger partial charge in [0.15, 0.2) is 0 Å². The van der Waals surface area contributed by atoms with E-state index in [1.807, 2.05) is 0 Å². The molecule has 0 spiro atoms. The van der Waals surface area contributed by atoms with Crippen LogP contribution in [0.2, 0.25) is 5.02 Å². The maximum atomic E-state index is 11.8. The first-order valence-corrected chi connectivity index (χ1v) is 6.68. The quantitative estimate of drug-likeness (QED) is 0.818. The van der Waals surface area contributed by atoms with Crippen molar-refractivity contribution >= 4 is 27.3 Å². The smallest absolute Gasteiger partial charge is 0.240 e. The van der Waals surface area contributed by atoms with E-state index < -0.39 is 10.0 Å². The van der Waals surface area contributed by atoms with Crippen LogP contribution in [0.1, 0.15) is 19.4 Å². The number of rotatable bonds is 3. The predicted octanol–water partition coefficient (Wildman–Crippen LogP) is 1.92. The van der Waals surface area contributed by atoms with Gasteiger partial charge in [-0.1, -0.05) is 11.6 Å². The molecule has 0 saturated heterocycles. The molecule has 3 N–H and O–H groups in total. The molecule has 0 heterocycles. The molecule has 4 nitrogen and oxygen atoms in total.